The number of aromatic nitrogens is 5. The van der Waals surface area contributed by atoms with Gasteiger partial charge in [-0.1, -0.05) is 42.6 Å². The maximum absolute atomic E-state index is 12.5. The highest BCUT2D eigenvalue weighted by Crippen LogP contribution is 2.31. The molecule has 0 radical (unpaired) electrons. The van der Waals surface area contributed by atoms with Gasteiger partial charge in [0.05, 0.1) is 21.7 Å². The molecular weight excluding hydrogens is 539 g/mol. The van der Waals surface area contributed by atoms with Crippen LogP contribution in [-0.4, -0.2) is 48.5 Å². The molecule has 0 aliphatic heterocycles. The van der Waals surface area contributed by atoms with Crippen LogP contribution < -0.4 is 10.6 Å². The summed E-state index contributed by atoms with van der Waals surface area (Å²) in [6.45, 7) is 2.10. The van der Waals surface area contributed by atoms with Gasteiger partial charge in [0.1, 0.15) is 0 Å². The number of amides is 2. The minimum atomic E-state index is -0.160. The minimum Gasteiger partial charge on any atom is -0.325 e. The molecule has 192 valence electrons. The lowest BCUT2D eigenvalue weighted by Gasteiger charge is -2.05. The highest BCUT2D eigenvalue weighted by molar-refractivity contribution is 8.01. The number of hydrogen-bond donors (Lipinski definition) is 3. The summed E-state index contributed by atoms with van der Waals surface area (Å²) in [7, 11) is 0. The molecule has 0 saturated heterocycles. The van der Waals surface area contributed by atoms with Crippen LogP contribution in [0.5, 0.6) is 0 Å². The van der Waals surface area contributed by atoms with Crippen molar-refractivity contribution in [1.82, 2.24) is 25.1 Å². The fourth-order valence-corrected chi connectivity index (χ4v) is 5.97. The minimum absolute atomic E-state index is 0.0803. The summed E-state index contributed by atoms with van der Waals surface area (Å²) in [5.41, 5.74) is 4.40. The summed E-state index contributed by atoms with van der Waals surface area (Å²) in [6, 6.07) is 17.1. The number of H-pyrrole nitrogens is 1. The zero-order chi connectivity index (χ0) is 26.3. The second-order valence-electron chi connectivity index (χ2n) is 8.09. The first-order valence-electron chi connectivity index (χ1n) is 11.7. The second-order valence-corrected chi connectivity index (χ2v) is 11.3. The Kier molecular flexibility index (Phi) is 8.31. The molecule has 0 atom stereocenters. The van der Waals surface area contributed by atoms with Gasteiger partial charge in [-0.15, -0.1) is 16.4 Å². The molecule has 12 heteroatoms. The zero-order valence-electron chi connectivity index (χ0n) is 20.3. The van der Waals surface area contributed by atoms with Crippen molar-refractivity contribution in [3.05, 3.63) is 72.6 Å². The molecule has 2 aromatic carbocycles. The molecule has 3 aromatic heterocycles. The maximum Gasteiger partial charge on any atom is 0.234 e. The highest BCUT2D eigenvalue weighted by atomic mass is 32.2. The molecule has 0 bridgehead atoms. The standard InChI is InChI=1S/C26H23N7O2S3/c1-2-16-3-5-18(6-4-16)28-23(35)15-37-26-30-20-8-7-19(13-21(20)38-26)29-22(34)14-36-25-31-24(32-33-25)17-9-11-27-12-10-17/h3-13H,2,14-15H2,1H3,(H,28,35)(H,29,34)(H,31,32,33). The number of aromatic amines is 1. The molecular formula is C26H23N7O2S3. The predicted molar refractivity (Wildman–Crippen MR) is 154 cm³/mol. The van der Waals surface area contributed by atoms with E-state index in [-0.39, 0.29) is 23.3 Å². The molecule has 0 fully saturated rings. The van der Waals surface area contributed by atoms with Crippen molar-refractivity contribution in [3.8, 4) is 11.4 Å². The average Bonchev–Trinajstić information content (AvgIpc) is 3.58. The second kappa shape index (κ2) is 12.2. The number of nitrogens with one attached hydrogen (secondary N) is 3. The highest BCUT2D eigenvalue weighted by Gasteiger charge is 2.12. The summed E-state index contributed by atoms with van der Waals surface area (Å²) >= 11 is 4.13. The number of carbonyl (C=O) groups excluding carboxylic acids is 2. The van der Waals surface area contributed by atoms with Gasteiger partial charge in [-0.05, 0) is 54.4 Å². The number of carbonyl (C=O) groups is 2. The van der Waals surface area contributed by atoms with Gasteiger partial charge in [0.15, 0.2) is 10.2 Å². The molecule has 0 aliphatic rings. The van der Waals surface area contributed by atoms with Crippen LogP contribution in [0.25, 0.3) is 21.6 Å². The summed E-state index contributed by atoms with van der Waals surface area (Å²) in [4.78, 5) is 37.9. The molecule has 3 N–H and O–H groups in total. The summed E-state index contributed by atoms with van der Waals surface area (Å²) in [6.07, 6.45) is 4.33. The number of nitrogens with zero attached hydrogens (tertiary/aromatic N) is 4. The smallest absolute Gasteiger partial charge is 0.234 e. The van der Waals surface area contributed by atoms with Gasteiger partial charge in [-0.3, -0.25) is 19.7 Å². The Labute approximate surface area is 231 Å². The predicted octanol–water partition coefficient (Wildman–Crippen LogP) is 5.50. The van der Waals surface area contributed by atoms with E-state index >= 15 is 0 Å². The van der Waals surface area contributed by atoms with Crippen LogP contribution in [0.2, 0.25) is 0 Å². The Morgan fingerprint density at radius 1 is 0.895 bits per heavy atom. The van der Waals surface area contributed by atoms with Crippen molar-refractivity contribution in [2.75, 3.05) is 22.1 Å². The van der Waals surface area contributed by atoms with Crippen LogP contribution in [0.4, 0.5) is 11.4 Å². The molecule has 5 aromatic rings. The molecule has 2 amide bonds. The molecule has 0 aliphatic carbocycles. The number of hydrogen-bond acceptors (Lipinski definition) is 9. The number of thiazole rings is 1. The SMILES string of the molecule is CCc1ccc(NC(=O)CSc2nc3ccc(NC(=O)CSc4n[nH]c(-c5ccncc5)n4)cc3s2)cc1. The third kappa shape index (κ3) is 6.77. The van der Waals surface area contributed by atoms with E-state index in [4.69, 9.17) is 0 Å². The van der Waals surface area contributed by atoms with Gasteiger partial charge in [0, 0.05) is 29.3 Å². The first-order chi connectivity index (χ1) is 18.6. The largest absolute Gasteiger partial charge is 0.325 e. The van der Waals surface area contributed by atoms with E-state index in [2.05, 4.69) is 42.7 Å². The van der Waals surface area contributed by atoms with Crippen LogP contribution in [0, 0.1) is 0 Å². The Hall–Kier alpha value is -3.74. The molecule has 9 nitrogen and oxygen atoms in total. The van der Waals surface area contributed by atoms with E-state index < -0.39 is 0 Å². The van der Waals surface area contributed by atoms with E-state index in [1.807, 2.05) is 54.6 Å². The number of rotatable bonds is 10. The first kappa shape index (κ1) is 25.9. The lowest BCUT2D eigenvalue weighted by molar-refractivity contribution is -0.114. The Morgan fingerprint density at radius 2 is 1.61 bits per heavy atom. The fourth-order valence-electron chi connectivity index (χ4n) is 3.47. The number of benzene rings is 2. The number of aryl methyl sites for hydroxylation is 1. The molecule has 0 saturated carbocycles. The van der Waals surface area contributed by atoms with Crippen molar-refractivity contribution in [3.63, 3.8) is 0 Å². The Balaban J connectivity index is 1.12. The van der Waals surface area contributed by atoms with Crippen LogP contribution in [-0.2, 0) is 16.0 Å². The summed E-state index contributed by atoms with van der Waals surface area (Å²) < 4.78 is 1.73. The van der Waals surface area contributed by atoms with Gasteiger partial charge in [-0.2, -0.15) is 0 Å². The van der Waals surface area contributed by atoms with Crippen molar-refractivity contribution in [2.24, 2.45) is 0 Å². The van der Waals surface area contributed by atoms with Gasteiger partial charge < -0.3 is 10.6 Å². The van der Waals surface area contributed by atoms with Crippen molar-refractivity contribution in [1.29, 1.82) is 0 Å². The Morgan fingerprint density at radius 3 is 2.37 bits per heavy atom. The normalized spacial score (nSPS) is 11.0. The van der Waals surface area contributed by atoms with Gasteiger partial charge in [-0.25, -0.2) is 9.97 Å². The monoisotopic (exact) mass is 561 g/mol. The van der Waals surface area contributed by atoms with E-state index in [1.165, 1.54) is 40.4 Å². The van der Waals surface area contributed by atoms with Crippen molar-refractivity contribution < 1.29 is 9.59 Å². The first-order valence-corrected chi connectivity index (χ1v) is 14.5. The van der Waals surface area contributed by atoms with E-state index in [0.717, 1.165) is 32.2 Å². The molecule has 38 heavy (non-hydrogen) atoms. The van der Waals surface area contributed by atoms with E-state index in [0.29, 0.717) is 16.7 Å². The third-order valence-corrected chi connectivity index (χ3v) is 8.38. The van der Waals surface area contributed by atoms with Crippen molar-refractivity contribution in [2.45, 2.75) is 22.8 Å². The van der Waals surface area contributed by atoms with Gasteiger partial charge >= 0.3 is 0 Å². The van der Waals surface area contributed by atoms with Gasteiger partial charge in [0.2, 0.25) is 17.0 Å². The maximum atomic E-state index is 12.5. The van der Waals surface area contributed by atoms with E-state index in [9.17, 15) is 9.59 Å². The quantitative estimate of drug-likeness (QED) is 0.191. The molecule has 0 unspecified atom stereocenters. The van der Waals surface area contributed by atoms with Crippen LogP contribution in [0.1, 0.15) is 12.5 Å². The third-order valence-electron chi connectivity index (χ3n) is 5.38. The van der Waals surface area contributed by atoms with Crippen LogP contribution in [0.15, 0.2) is 76.5 Å². The summed E-state index contributed by atoms with van der Waals surface area (Å²) in [5.74, 6) is 0.824. The number of fused-ring (bicyclic) bond motifs is 1. The van der Waals surface area contributed by atoms with Crippen LogP contribution in [0.3, 0.4) is 0 Å². The zero-order valence-corrected chi connectivity index (χ0v) is 22.8. The molecule has 0 spiro atoms. The Bertz CT molecular complexity index is 1550. The number of thioether (sulfide) groups is 2. The van der Waals surface area contributed by atoms with E-state index in [1.54, 1.807) is 12.4 Å². The molecule has 5 rings (SSSR count). The number of pyridine rings is 1. The lowest BCUT2D eigenvalue weighted by atomic mass is 10.1. The topological polar surface area (TPSA) is 126 Å². The fraction of sp³-hybridized carbons (Fsp3) is 0.154. The molecule has 3 heterocycles. The van der Waals surface area contributed by atoms with Crippen LogP contribution >= 0.6 is 34.9 Å². The van der Waals surface area contributed by atoms with Crippen molar-refractivity contribution >= 4 is 68.3 Å². The lowest BCUT2D eigenvalue weighted by Crippen LogP contribution is -2.14. The number of anilines is 2. The summed E-state index contributed by atoms with van der Waals surface area (Å²) in [5, 5.41) is 13.4. The van der Waals surface area contributed by atoms with Gasteiger partial charge in [0.25, 0.3) is 0 Å². The average molecular weight is 562 g/mol.